The van der Waals surface area contributed by atoms with Gasteiger partial charge in [-0.3, -0.25) is 4.90 Å². The van der Waals surface area contributed by atoms with Crippen molar-refractivity contribution < 1.29 is 44.6 Å². The summed E-state index contributed by atoms with van der Waals surface area (Å²) >= 11 is 0.804. The monoisotopic (exact) mass is 710 g/mol. The first-order valence-electron chi connectivity index (χ1n) is 14.9. The summed E-state index contributed by atoms with van der Waals surface area (Å²) in [6, 6.07) is 11.0. The summed E-state index contributed by atoms with van der Waals surface area (Å²) in [5, 5.41) is -0.0153. The zero-order valence-electron chi connectivity index (χ0n) is 25.8. The van der Waals surface area contributed by atoms with Crippen LogP contribution in [0.2, 0.25) is 0 Å². The number of halogens is 5. The highest BCUT2D eigenvalue weighted by Gasteiger charge is 2.47. The highest BCUT2D eigenvalue weighted by atomic mass is 32.2. The lowest BCUT2D eigenvalue weighted by molar-refractivity contribution is -0.192. The highest BCUT2D eigenvalue weighted by molar-refractivity contribution is 7.93. The number of hydrogen-bond donors (Lipinski definition) is 0. The molecule has 0 amide bonds. The number of nitrogens with zero attached hydrogens (tertiary/aromatic N) is 4. The Hall–Kier alpha value is -4.02. The molecule has 1 fully saturated rings. The van der Waals surface area contributed by atoms with Crippen molar-refractivity contribution in [2.45, 2.75) is 49.0 Å². The van der Waals surface area contributed by atoms with Crippen LogP contribution >= 0.6 is 11.5 Å². The number of alkyl halides is 3. The van der Waals surface area contributed by atoms with Crippen molar-refractivity contribution in [3.05, 3.63) is 89.2 Å². The Morgan fingerprint density at radius 3 is 2.46 bits per heavy atom. The lowest BCUT2D eigenvalue weighted by Crippen LogP contribution is -2.44. The van der Waals surface area contributed by atoms with Crippen LogP contribution in [0.4, 0.5) is 27.1 Å². The number of benzene rings is 3. The van der Waals surface area contributed by atoms with Crippen molar-refractivity contribution in [3.63, 3.8) is 0 Å². The molecule has 0 N–H and O–H groups in total. The molecular weight excluding hydrogens is 679 g/mol. The predicted octanol–water partition coefficient (Wildman–Crippen LogP) is 7.07. The summed E-state index contributed by atoms with van der Waals surface area (Å²) in [7, 11) is -1.73. The SMILES string of the molecule is COc1ccc(CN(c2ncns2)S(=O)(=O)c2cc3c(cc2F)C(N2CCC(C(F)(F)F)CC2c2ccc(F)cc2)CCO3)c(OC)c1. The Morgan fingerprint density at radius 2 is 1.79 bits per heavy atom. The second kappa shape index (κ2) is 13.5. The van der Waals surface area contributed by atoms with Gasteiger partial charge >= 0.3 is 6.18 Å². The first kappa shape index (κ1) is 33.9. The third-order valence-corrected chi connectivity index (χ3v) is 11.3. The molecule has 48 heavy (non-hydrogen) atoms. The fourth-order valence-electron chi connectivity index (χ4n) is 6.37. The fraction of sp³-hybridized carbons (Fsp3) is 0.375. The van der Waals surface area contributed by atoms with E-state index in [1.807, 2.05) is 4.90 Å². The molecule has 2 aliphatic heterocycles. The largest absolute Gasteiger partial charge is 0.497 e. The Balaban J connectivity index is 1.37. The van der Waals surface area contributed by atoms with Crippen LogP contribution in [0.3, 0.4) is 0 Å². The number of aromatic nitrogens is 2. The van der Waals surface area contributed by atoms with Crippen molar-refractivity contribution >= 4 is 26.7 Å². The molecular formula is C32H31F5N4O5S2. The van der Waals surface area contributed by atoms with Gasteiger partial charge in [0, 0.05) is 53.3 Å². The molecule has 3 unspecified atom stereocenters. The minimum Gasteiger partial charge on any atom is -0.497 e. The van der Waals surface area contributed by atoms with E-state index in [1.165, 1.54) is 44.8 Å². The molecule has 4 aromatic rings. The number of hydrogen-bond acceptors (Lipinski definition) is 9. The molecule has 0 saturated carbocycles. The van der Waals surface area contributed by atoms with Gasteiger partial charge in [-0.1, -0.05) is 12.1 Å². The van der Waals surface area contributed by atoms with Crippen LogP contribution in [0, 0.1) is 17.6 Å². The van der Waals surface area contributed by atoms with Crippen molar-refractivity contribution in [2.24, 2.45) is 5.92 Å². The van der Waals surface area contributed by atoms with Crippen LogP contribution in [0.1, 0.15) is 48.0 Å². The summed E-state index contributed by atoms with van der Waals surface area (Å²) in [6.07, 6.45) is -3.34. The van der Waals surface area contributed by atoms with E-state index in [4.69, 9.17) is 14.2 Å². The molecule has 16 heteroatoms. The number of fused-ring (bicyclic) bond motifs is 1. The highest BCUT2D eigenvalue weighted by Crippen LogP contribution is 2.49. The molecule has 9 nitrogen and oxygen atoms in total. The van der Waals surface area contributed by atoms with E-state index in [1.54, 1.807) is 18.2 Å². The summed E-state index contributed by atoms with van der Waals surface area (Å²) in [5.41, 5.74) is 1.26. The Labute approximate surface area is 278 Å². The second-order valence-electron chi connectivity index (χ2n) is 11.5. The molecule has 3 aromatic carbocycles. The molecule has 0 bridgehead atoms. The fourth-order valence-corrected chi connectivity index (χ4v) is 8.56. The van der Waals surface area contributed by atoms with Gasteiger partial charge in [0.2, 0.25) is 5.13 Å². The number of anilines is 1. The summed E-state index contributed by atoms with van der Waals surface area (Å²) < 4.78 is 121. The maximum absolute atomic E-state index is 16.1. The molecule has 3 atom stereocenters. The zero-order valence-corrected chi connectivity index (χ0v) is 27.4. The van der Waals surface area contributed by atoms with Crippen molar-refractivity contribution in [2.75, 3.05) is 31.7 Å². The summed E-state index contributed by atoms with van der Waals surface area (Å²) in [5.74, 6) is -2.24. The van der Waals surface area contributed by atoms with Gasteiger partial charge in [0.1, 0.15) is 40.1 Å². The van der Waals surface area contributed by atoms with Crippen LogP contribution in [-0.2, 0) is 16.6 Å². The number of piperidine rings is 1. The van der Waals surface area contributed by atoms with Crippen LogP contribution in [0.5, 0.6) is 17.2 Å². The molecule has 0 aliphatic carbocycles. The van der Waals surface area contributed by atoms with E-state index >= 15 is 4.39 Å². The van der Waals surface area contributed by atoms with Crippen LogP contribution < -0.4 is 18.5 Å². The van der Waals surface area contributed by atoms with Crippen LogP contribution in [0.25, 0.3) is 0 Å². The third-order valence-electron chi connectivity index (χ3n) is 8.77. The molecule has 0 radical (unpaired) electrons. The third kappa shape index (κ3) is 6.65. The Kier molecular flexibility index (Phi) is 9.51. The molecule has 1 aromatic heterocycles. The van der Waals surface area contributed by atoms with E-state index in [0.29, 0.717) is 34.6 Å². The van der Waals surface area contributed by atoms with Gasteiger partial charge in [-0.2, -0.15) is 17.5 Å². The second-order valence-corrected chi connectivity index (χ2v) is 14.0. The van der Waals surface area contributed by atoms with Gasteiger partial charge in [-0.15, -0.1) is 0 Å². The van der Waals surface area contributed by atoms with E-state index in [9.17, 15) is 26.0 Å². The van der Waals surface area contributed by atoms with Gasteiger partial charge in [-0.25, -0.2) is 26.5 Å². The first-order valence-corrected chi connectivity index (χ1v) is 17.2. The number of methoxy groups -OCH3 is 2. The van der Waals surface area contributed by atoms with Gasteiger partial charge in [0.25, 0.3) is 10.0 Å². The minimum absolute atomic E-state index is 0.0153. The average Bonchev–Trinajstić information content (AvgIpc) is 3.61. The molecule has 256 valence electrons. The van der Waals surface area contributed by atoms with E-state index < -0.39 is 50.7 Å². The summed E-state index contributed by atoms with van der Waals surface area (Å²) in [4.78, 5) is 5.26. The number of ether oxygens (including phenoxy) is 3. The van der Waals surface area contributed by atoms with Crippen LogP contribution in [-0.4, -0.2) is 56.2 Å². The van der Waals surface area contributed by atoms with Crippen molar-refractivity contribution in [1.82, 2.24) is 14.3 Å². The predicted molar refractivity (Wildman–Crippen MR) is 167 cm³/mol. The maximum Gasteiger partial charge on any atom is 0.391 e. The normalized spacial score (nSPS) is 20.1. The lowest BCUT2D eigenvalue weighted by Gasteiger charge is -2.46. The molecule has 0 spiro atoms. The molecule has 3 heterocycles. The number of likely N-dealkylation sites (tertiary alicyclic amines) is 1. The maximum atomic E-state index is 16.1. The Bertz CT molecular complexity index is 1860. The average molecular weight is 711 g/mol. The molecule has 6 rings (SSSR count). The minimum atomic E-state index is -4.63. The van der Waals surface area contributed by atoms with Gasteiger partial charge < -0.3 is 14.2 Å². The number of sulfonamides is 1. The lowest BCUT2D eigenvalue weighted by atomic mass is 9.84. The van der Waals surface area contributed by atoms with E-state index in [0.717, 1.165) is 28.0 Å². The summed E-state index contributed by atoms with van der Waals surface area (Å²) in [6.45, 7) is -0.133. The first-order chi connectivity index (χ1) is 22.9. The smallest absolute Gasteiger partial charge is 0.391 e. The standard InChI is InChI=1S/C32H31F5N4O5S2/c1-44-23-8-5-20(28(14-23)45-2)17-41(31-38-18-39-47-31)48(42,43)30-16-29-24(15-25(30)34)26(10-12-46-29)40-11-9-21(32(35,36)37)13-27(40)19-3-6-22(33)7-4-19/h3-8,14-16,18,21,26-27H,9-13,17H2,1-2H3. The van der Waals surface area contributed by atoms with Crippen molar-refractivity contribution in [1.29, 1.82) is 0 Å². The molecule has 1 saturated heterocycles. The van der Waals surface area contributed by atoms with Crippen LogP contribution in [0.15, 0.2) is 65.8 Å². The number of rotatable bonds is 9. The van der Waals surface area contributed by atoms with E-state index in [2.05, 4.69) is 9.36 Å². The topological polar surface area (TPSA) is 94.1 Å². The van der Waals surface area contributed by atoms with Gasteiger partial charge in [0.05, 0.1) is 33.3 Å². The van der Waals surface area contributed by atoms with Gasteiger partial charge in [0.15, 0.2) is 0 Å². The quantitative estimate of drug-likeness (QED) is 0.171. The van der Waals surface area contributed by atoms with E-state index in [-0.39, 0.29) is 43.4 Å². The zero-order chi connectivity index (χ0) is 34.2. The molecule has 2 aliphatic rings. The Morgan fingerprint density at radius 1 is 1.02 bits per heavy atom. The van der Waals surface area contributed by atoms with Gasteiger partial charge in [-0.05, 0) is 55.3 Å². The van der Waals surface area contributed by atoms with Crippen molar-refractivity contribution in [3.8, 4) is 17.2 Å².